The van der Waals surface area contributed by atoms with Gasteiger partial charge < -0.3 is 15.5 Å². The molecule has 4 heteroatoms. The van der Waals surface area contributed by atoms with E-state index in [4.69, 9.17) is 10.2 Å². The van der Waals surface area contributed by atoms with Crippen molar-refractivity contribution in [3.63, 3.8) is 0 Å². The molecule has 0 unspecified atom stereocenters. The minimum absolute atomic E-state index is 0.00937. The molecule has 0 saturated heterocycles. The van der Waals surface area contributed by atoms with Crippen LogP contribution in [0.15, 0.2) is 108 Å². The lowest BCUT2D eigenvalue weighted by Gasteiger charge is -2.22. The van der Waals surface area contributed by atoms with Gasteiger partial charge in [-0.1, -0.05) is 72.8 Å². The maximum Gasteiger partial charge on any atom is 0.227 e. The van der Waals surface area contributed by atoms with Crippen molar-refractivity contribution in [1.29, 1.82) is 0 Å². The predicted molar refractivity (Wildman–Crippen MR) is 122 cm³/mol. The lowest BCUT2D eigenvalue weighted by Crippen LogP contribution is -2.13. The number of aromatic nitrogens is 1. The lowest BCUT2D eigenvalue weighted by molar-refractivity contribution is 0.620. The summed E-state index contributed by atoms with van der Waals surface area (Å²) < 4.78 is 5.88. The van der Waals surface area contributed by atoms with Crippen LogP contribution < -0.4 is 11.1 Å². The number of hydrogen-bond acceptors (Lipinski definition) is 4. The molecule has 0 radical (unpaired) electrons. The van der Waals surface area contributed by atoms with Crippen LogP contribution in [0, 0.1) is 0 Å². The van der Waals surface area contributed by atoms with E-state index in [9.17, 15) is 0 Å². The number of nitrogens with one attached hydrogen (secondary N) is 1. The average Bonchev–Trinajstić information content (AvgIpc) is 3.24. The molecular weight excluding hydrogens is 370 g/mol. The van der Waals surface area contributed by atoms with E-state index in [2.05, 4.69) is 34.6 Å². The zero-order chi connectivity index (χ0) is 20.3. The number of para-hydroxylation sites is 2. The SMILES string of the molecule is Nc1cc(-c2nc3ccccc3o2)ccc1NC(c1ccccc1)c1ccccc1. The van der Waals surface area contributed by atoms with Crippen molar-refractivity contribution in [3.05, 3.63) is 114 Å². The number of anilines is 2. The van der Waals surface area contributed by atoms with Crippen molar-refractivity contribution in [2.75, 3.05) is 11.1 Å². The van der Waals surface area contributed by atoms with Gasteiger partial charge in [0.25, 0.3) is 0 Å². The zero-order valence-corrected chi connectivity index (χ0v) is 16.3. The highest BCUT2D eigenvalue weighted by atomic mass is 16.3. The molecule has 5 rings (SSSR count). The van der Waals surface area contributed by atoms with E-state index in [-0.39, 0.29) is 6.04 Å². The van der Waals surface area contributed by atoms with Crippen LogP contribution in [0.2, 0.25) is 0 Å². The molecule has 0 amide bonds. The number of rotatable bonds is 5. The molecule has 0 aliphatic heterocycles. The normalized spacial score (nSPS) is 11.1. The van der Waals surface area contributed by atoms with E-state index in [1.54, 1.807) is 0 Å². The molecule has 0 fully saturated rings. The Morgan fingerprint density at radius 1 is 0.733 bits per heavy atom. The number of nitrogens with zero attached hydrogens (tertiary/aromatic N) is 1. The third-order valence-electron chi connectivity index (χ3n) is 5.16. The van der Waals surface area contributed by atoms with Crippen LogP contribution in [-0.2, 0) is 0 Å². The first-order valence-corrected chi connectivity index (χ1v) is 9.90. The second-order valence-electron chi connectivity index (χ2n) is 7.19. The van der Waals surface area contributed by atoms with E-state index in [1.165, 1.54) is 11.1 Å². The summed E-state index contributed by atoms with van der Waals surface area (Å²) in [4.78, 5) is 4.57. The molecule has 30 heavy (non-hydrogen) atoms. The summed E-state index contributed by atoms with van der Waals surface area (Å²) in [5, 5.41) is 3.61. The molecule has 0 aliphatic carbocycles. The van der Waals surface area contributed by atoms with Gasteiger partial charge in [0.05, 0.1) is 17.4 Å². The van der Waals surface area contributed by atoms with Crippen LogP contribution in [0.25, 0.3) is 22.6 Å². The first-order valence-electron chi connectivity index (χ1n) is 9.90. The van der Waals surface area contributed by atoms with E-state index in [0.29, 0.717) is 11.6 Å². The number of fused-ring (bicyclic) bond motifs is 1. The van der Waals surface area contributed by atoms with Gasteiger partial charge in [0.15, 0.2) is 5.58 Å². The quantitative estimate of drug-likeness (QED) is 0.346. The maximum atomic E-state index is 6.43. The van der Waals surface area contributed by atoms with Gasteiger partial charge in [-0.15, -0.1) is 0 Å². The number of benzene rings is 4. The highest BCUT2D eigenvalue weighted by Crippen LogP contribution is 2.33. The Balaban J connectivity index is 1.48. The van der Waals surface area contributed by atoms with Gasteiger partial charge in [0.1, 0.15) is 5.52 Å². The second-order valence-corrected chi connectivity index (χ2v) is 7.19. The predicted octanol–water partition coefficient (Wildman–Crippen LogP) is 6.28. The number of nitrogen functional groups attached to an aromatic ring is 1. The fraction of sp³-hybridized carbons (Fsp3) is 0.0385. The van der Waals surface area contributed by atoms with E-state index in [1.807, 2.05) is 78.9 Å². The van der Waals surface area contributed by atoms with Gasteiger partial charge in [-0.05, 0) is 41.5 Å². The number of hydrogen-bond donors (Lipinski definition) is 2. The van der Waals surface area contributed by atoms with E-state index < -0.39 is 0 Å². The van der Waals surface area contributed by atoms with Crippen LogP contribution in [0.1, 0.15) is 17.2 Å². The van der Waals surface area contributed by atoms with Gasteiger partial charge in [-0.2, -0.15) is 0 Å². The molecular formula is C26H21N3O. The van der Waals surface area contributed by atoms with Crippen LogP contribution in [0.4, 0.5) is 11.4 Å². The molecule has 146 valence electrons. The Kier molecular flexibility index (Phi) is 4.66. The lowest BCUT2D eigenvalue weighted by atomic mass is 9.98. The van der Waals surface area contributed by atoms with Gasteiger partial charge in [-0.25, -0.2) is 4.98 Å². The van der Waals surface area contributed by atoms with Crippen LogP contribution >= 0.6 is 0 Å². The van der Waals surface area contributed by atoms with Crippen molar-refractivity contribution in [2.24, 2.45) is 0 Å². The van der Waals surface area contributed by atoms with Crippen LogP contribution in [0.5, 0.6) is 0 Å². The van der Waals surface area contributed by atoms with Crippen molar-refractivity contribution >= 4 is 22.5 Å². The Morgan fingerprint density at radius 2 is 1.37 bits per heavy atom. The van der Waals surface area contributed by atoms with Crippen molar-refractivity contribution < 1.29 is 4.42 Å². The molecule has 1 aromatic heterocycles. The summed E-state index contributed by atoms with van der Waals surface area (Å²) >= 11 is 0. The summed E-state index contributed by atoms with van der Waals surface area (Å²) in [5.74, 6) is 0.567. The first-order chi connectivity index (χ1) is 14.8. The van der Waals surface area contributed by atoms with Crippen LogP contribution in [0.3, 0.4) is 0 Å². The number of nitrogens with two attached hydrogens (primary N) is 1. The number of oxazole rings is 1. The van der Waals surface area contributed by atoms with Gasteiger partial charge in [0, 0.05) is 5.56 Å². The molecule has 0 spiro atoms. The fourth-order valence-corrected chi connectivity index (χ4v) is 3.63. The van der Waals surface area contributed by atoms with Gasteiger partial charge in [0.2, 0.25) is 5.89 Å². The topological polar surface area (TPSA) is 64.1 Å². The summed E-state index contributed by atoms with van der Waals surface area (Å²) in [6.45, 7) is 0. The monoisotopic (exact) mass is 391 g/mol. The van der Waals surface area contributed by atoms with Crippen molar-refractivity contribution in [3.8, 4) is 11.5 Å². The summed E-state index contributed by atoms with van der Waals surface area (Å²) in [7, 11) is 0. The Bertz CT molecular complexity index is 1210. The molecule has 0 saturated carbocycles. The Labute approximate surface area is 175 Å². The molecule has 0 bridgehead atoms. The average molecular weight is 391 g/mol. The van der Waals surface area contributed by atoms with Crippen molar-refractivity contribution in [1.82, 2.24) is 4.98 Å². The highest BCUT2D eigenvalue weighted by Gasteiger charge is 2.16. The van der Waals surface area contributed by atoms with Crippen molar-refractivity contribution in [2.45, 2.75) is 6.04 Å². The van der Waals surface area contributed by atoms with Gasteiger partial charge >= 0.3 is 0 Å². The molecule has 3 N–H and O–H groups in total. The third-order valence-corrected chi connectivity index (χ3v) is 5.16. The van der Waals surface area contributed by atoms with Gasteiger partial charge in [-0.3, -0.25) is 0 Å². The zero-order valence-electron chi connectivity index (χ0n) is 16.3. The van der Waals surface area contributed by atoms with E-state index in [0.717, 1.165) is 22.4 Å². The highest BCUT2D eigenvalue weighted by molar-refractivity contribution is 5.79. The summed E-state index contributed by atoms with van der Waals surface area (Å²) in [6, 6.07) is 34.3. The standard InChI is InChI=1S/C26H21N3O/c27-21-17-20(26-29-23-13-7-8-14-24(23)30-26)15-16-22(21)28-25(18-9-3-1-4-10-18)19-11-5-2-6-12-19/h1-17,25,28H,27H2. The Hall–Kier alpha value is -4.05. The maximum absolute atomic E-state index is 6.43. The van der Waals surface area contributed by atoms with Crippen LogP contribution in [-0.4, -0.2) is 4.98 Å². The third kappa shape index (κ3) is 3.51. The molecule has 5 aromatic rings. The first kappa shape index (κ1) is 18.0. The smallest absolute Gasteiger partial charge is 0.227 e. The summed E-state index contributed by atoms with van der Waals surface area (Å²) in [5.41, 5.74) is 12.7. The van der Waals surface area contributed by atoms with E-state index >= 15 is 0 Å². The molecule has 1 heterocycles. The summed E-state index contributed by atoms with van der Waals surface area (Å²) in [6.07, 6.45) is 0. The molecule has 0 aliphatic rings. The molecule has 4 aromatic carbocycles. The molecule has 0 atom stereocenters. The fourth-order valence-electron chi connectivity index (χ4n) is 3.63. The Morgan fingerprint density at radius 3 is 2.00 bits per heavy atom. The largest absolute Gasteiger partial charge is 0.436 e. The minimum Gasteiger partial charge on any atom is -0.436 e. The molecule has 4 nitrogen and oxygen atoms in total. The minimum atomic E-state index is -0.00937. The second kappa shape index (κ2) is 7.76.